The summed E-state index contributed by atoms with van der Waals surface area (Å²) in [5.41, 5.74) is 0. The van der Waals surface area contributed by atoms with Crippen LogP contribution >= 0.6 is 0 Å². The number of halogens is 1. The molecule has 7 heteroatoms. The Bertz CT molecular complexity index is 519. The van der Waals surface area contributed by atoms with Crippen LogP contribution in [0.15, 0.2) is 29.3 Å². The number of hydrogen-bond acceptors (Lipinski definition) is 4. The lowest BCUT2D eigenvalue weighted by Crippen LogP contribution is -2.38. The molecule has 1 fully saturated rings. The van der Waals surface area contributed by atoms with E-state index in [0.717, 1.165) is 57.9 Å². The van der Waals surface area contributed by atoms with Gasteiger partial charge in [-0.3, -0.25) is 4.99 Å². The minimum Gasteiger partial charge on any atom is -0.494 e. The lowest BCUT2D eigenvalue weighted by Gasteiger charge is -2.13. The van der Waals surface area contributed by atoms with Gasteiger partial charge in [0.15, 0.2) is 5.96 Å². The van der Waals surface area contributed by atoms with Gasteiger partial charge in [-0.15, -0.1) is 0 Å². The molecule has 2 rings (SSSR count). The van der Waals surface area contributed by atoms with E-state index >= 15 is 0 Å². The van der Waals surface area contributed by atoms with Crippen LogP contribution in [-0.4, -0.2) is 58.6 Å². The van der Waals surface area contributed by atoms with Crippen molar-refractivity contribution in [2.24, 2.45) is 4.99 Å². The van der Waals surface area contributed by atoms with Gasteiger partial charge in [-0.25, -0.2) is 4.39 Å². The molecule has 1 saturated heterocycles. The molecule has 1 aliphatic heterocycles. The van der Waals surface area contributed by atoms with E-state index in [1.807, 2.05) is 0 Å². The molecular formula is C19H30FN3O3. The molecule has 1 aromatic rings. The van der Waals surface area contributed by atoms with Crippen LogP contribution in [0.3, 0.4) is 0 Å². The minimum absolute atomic E-state index is 0.258. The smallest absolute Gasteiger partial charge is 0.190 e. The van der Waals surface area contributed by atoms with Gasteiger partial charge in [0, 0.05) is 33.4 Å². The van der Waals surface area contributed by atoms with E-state index in [2.05, 4.69) is 15.6 Å². The second-order valence-electron chi connectivity index (χ2n) is 6.15. The van der Waals surface area contributed by atoms with Gasteiger partial charge in [-0.2, -0.15) is 0 Å². The molecule has 0 spiro atoms. The monoisotopic (exact) mass is 367 g/mol. The number of nitrogens with one attached hydrogen (secondary N) is 2. The topological polar surface area (TPSA) is 64.1 Å². The van der Waals surface area contributed by atoms with Crippen LogP contribution in [0, 0.1) is 5.82 Å². The normalized spacial score (nSPS) is 17.3. The van der Waals surface area contributed by atoms with Crippen molar-refractivity contribution in [1.82, 2.24) is 10.6 Å². The number of nitrogens with zero attached hydrogens (tertiary/aromatic N) is 1. The predicted octanol–water partition coefficient (Wildman–Crippen LogP) is 2.35. The first-order valence-corrected chi connectivity index (χ1v) is 9.30. The third-order valence-corrected chi connectivity index (χ3v) is 4.01. The molecule has 146 valence electrons. The van der Waals surface area contributed by atoms with Crippen molar-refractivity contribution in [1.29, 1.82) is 0 Å². The van der Waals surface area contributed by atoms with Crippen molar-refractivity contribution in [3.05, 3.63) is 30.1 Å². The van der Waals surface area contributed by atoms with Crippen LogP contribution in [-0.2, 0) is 9.47 Å². The second kappa shape index (κ2) is 12.5. The molecule has 0 amide bonds. The summed E-state index contributed by atoms with van der Waals surface area (Å²) in [7, 11) is 1.75. The van der Waals surface area contributed by atoms with Gasteiger partial charge in [0.1, 0.15) is 11.6 Å². The first-order valence-electron chi connectivity index (χ1n) is 9.30. The van der Waals surface area contributed by atoms with Crippen molar-refractivity contribution in [3.8, 4) is 5.75 Å². The van der Waals surface area contributed by atoms with Crippen LogP contribution in [0.4, 0.5) is 4.39 Å². The number of hydrogen-bond donors (Lipinski definition) is 2. The molecule has 0 saturated carbocycles. The maximum atomic E-state index is 12.8. The molecule has 0 bridgehead atoms. The molecule has 0 aromatic heterocycles. The summed E-state index contributed by atoms with van der Waals surface area (Å²) in [5.74, 6) is 1.19. The molecule has 1 unspecified atom stereocenters. The van der Waals surface area contributed by atoms with Crippen LogP contribution < -0.4 is 15.4 Å². The number of benzene rings is 1. The molecular weight excluding hydrogens is 337 g/mol. The third-order valence-electron chi connectivity index (χ3n) is 4.01. The molecule has 2 N–H and O–H groups in total. The lowest BCUT2D eigenvalue weighted by molar-refractivity contribution is 0.0168. The van der Waals surface area contributed by atoms with E-state index in [9.17, 15) is 4.39 Å². The first kappa shape index (κ1) is 20.5. The molecule has 1 aromatic carbocycles. The van der Waals surface area contributed by atoms with E-state index in [1.54, 1.807) is 19.2 Å². The molecule has 0 radical (unpaired) electrons. The Morgan fingerprint density at radius 3 is 2.58 bits per heavy atom. The van der Waals surface area contributed by atoms with Crippen LogP contribution in [0.2, 0.25) is 0 Å². The van der Waals surface area contributed by atoms with E-state index < -0.39 is 0 Å². The molecule has 1 aliphatic rings. The third kappa shape index (κ3) is 8.49. The number of aliphatic imine (C=N–C) groups is 1. The van der Waals surface area contributed by atoms with E-state index in [0.29, 0.717) is 19.0 Å². The molecule has 26 heavy (non-hydrogen) atoms. The lowest BCUT2D eigenvalue weighted by atomic mass is 10.2. The van der Waals surface area contributed by atoms with Crippen molar-refractivity contribution < 1.29 is 18.6 Å². The zero-order valence-electron chi connectivity index (χ0n) is 15.5. The highest BCUT2D eigenvalue weighted by Crippen LogP contribution is 2.12. The molecule has 0 aliphatic carbocycles. The van der Waals surface area contributed by atoms with Gasteiger partial charge in [0.05, 0.1) is 19.3 Å². The highest BCUT2D eigenvalue weighted by Gasteiger charge is 2.14. The predicted molar refractivity (Wildman–Crippen MR) is 100 cm³/mol. The summed E-state index contributed by atoms with van der Waals surface area (Å²) >= 11 is 0. The van der Waals surface area contributed by atoms with Gasteiger partial charge in [0.25, 0.3) is 0 Å². The highest BCUT2D eigenvalue weighted by atomic mass is 19.1. The van der Waals surface area contributed by atoms with E-state index in [4.69, 9.17) is 14.2 Å². The summed E-state index contributed by atoms with van der Waals surface area (Å²) in [6.45, 7) is 4.39. The van der Waals surface area contributed by atoms with Crippen molar-refractivity contribution in [3.63, 3.8) is 0 Å². The number of guanidine groups is 1. The maximum Gasteiger partial charge on any atom is 0.190 e. The Morgan fingerprint density at radius 2 is 1.92 bits per heavy atom. The quantitative estimate of drug-likeness (QED) is 0.357. The maximum absolute atomic E-state index is 12.8. The first-order chi connectivity index (χ1) is 12.8. The van der Waals surface area contributed by atoms with Gasteiger partial charge < -0.3 is 24.8 Å². The van der Waals surface area contributed by atoms with Crippen LogP contribution in [0.5, 0.6) is 5.75 Å². The van der Waals surface area contributed by atoms with Crippen molar-refractivity contribution >= 4 is 5.96 Å². The summed E-state index contributed by atoms with van der Waals surface area (Å²) < 4.78 is 29.5. The standard InChI is InChI=1S/C19H30FN3O3/c1-21-19(22-10-3-12-24-15-18-5-2-13-26-18)23-11-4-14-25-17-8-6-16(20)7-9-17/h6-9,18H,2-5,10-15H2,1H3,(H2,21,22,23). The van der Waals surface area contributed by atoms with Crippen LogP contribution in [0.1, 0.15) is 25.7 Å². The fraction of sp³-hybridized carbons (Fsp3) is 0.632. The molecule has 1 atom stereocenters. The minimum atomic E-state index is -0.258. The van der Waals surface area contributed by atoms with Gasteiger partial charge in [-0.05, 0) is 49.9 Å². The fourth-order valence-electron chi connectivity index (χ4n) is 2.59. The Labute approximate surface area is 155 Å². The van der Waals surface area contributed by atoms with Gasteiger partial charge in [0.2, 0.25) is 0 Å². The number of rotatable bonds is 11. The Hall–Kier alpha value is -1.86. The zero-order valence-corrected chi connectivity index (χ0v) is 15.5. The number of ether oxygens (including phenoxy) is 3. The van der Waals surface area contributed by atoms with Gasteiger partial charge in [-0.1, -0.05) is 0 Å². The average molecular weight is 367 g/mol. The second-order valence-corrected chi connectivity index (χ2v) is 6.15. The van der Waals surface area contributed by atoms with E-state index in [1.165, 1.54) is 12.1 Å². The zero-order chi connectivity index (χ0) is 18.5. The van der Waals surface area contributed by atoms with Crippen molar-refractivity contribution in [2.45, 2.75) is 31.8 Å². The van der Waals surface area contributed by atoms with Crippen molar-refractivity contribution in [2.75, 3.05) is 46.6 Å². The van der Waals surface area contributed by atoms with Crippen LogP contribution in [0.25, 0.3) is 0 Å². The summed E-state index contributed by atoms with van der Waals surface area (Å²) in [6.07, 6.45) is 4.28. The highest BCUT2D eigenvalue weighted by molar-refractivity contribution is 5.79. The largest absolute Gasteiger partial charge is 0.494 e. The van der Waals surface area contributed by atoms with Gasteiger partial charge >= 0.3 is 0 Å². The van der Waals surface area contributed by atoms with E-state index in [-0.39, 0.29) is 11.9 Å². The Balaban J connectivity index is 1.43. The Morgan fingerprint density at radius 1 is 1.19 bits per heavy atom. The summed E-state index contributed by atoms with van der Waals surface area (Å²) in [6, 6.07) is 6.04. The Kier molecular flexibility index (Phi) is 9.82. The average Bonchev–Trinajstić information content (AvgIpc) is 3.17. The summed E-state index contributed by atoms with van der Waals surface area (Å²) in [4.78, 5) is 4.19. The fourth-order valence-corrected chi connectivity index (χ4v) is 2.59. The molecule has 6 nitrogen and oxygen atoms in total. The SMILES string of the molecule is CN=C(NCCCOCC1CCCO1)NCCCOc1ccc(F)cc1. The molecule has 1 heterocycles. The summed E-state index contributed by atoms with van der Waals surface area (Å²) in [5, 5.41) is 6.50.